The second-order valence-corrected chi connectivity index (χ2v) is 8.68. The van der Waals surface area contributed by atoms with E-state index < -0.39 is 5.25 Å². The van der Waals surface area contributed by atoms with Gasteiger partial charge in [-0.2, -0.15) is 0 Å². The molecular weight excluding hydrogens is 428 g/mol. The van der Waals surface area contributed by atoms with E-state index in [2.05, 4.69) is 10.6 Å². The van der Waals surface area contributed by atoms with Crippen molar-refractivity contribution in [1.29, 1.82) is 0 Å². The van der Waals surface area contributed by atoms with Crippen LogP contribution in [-0.2, 0) is 16.0 Å². The first-order valence-electron chi connectivity index (χ1n) is 10.7. The predicted molar refractivity (Wildman–Crippen MR) is 135 cm³/mol. The zero-order chi connectivity index (χ0) is 22.9. The van der Waals surface area contributed by atoms with Crippen LogP contribution < -0.4 is 10.6 Å². The summed E-state index contributed by atoms with van der Waals surface area (Å²) in [5, 5.41) is 5.52. The highest BCUT2D eigenvalue weighted by Crippen LogP contribution is 2.37. The highest BCUT2D eigenvalue weighted by atomic mass is 32.2. The summed E-state index contributed by atoms with van der Waals surface area (Å²) in [4.78, 5) is 26.5. The molecule has 0 saturated heterocycles. The molecule has 0 heterocycles. The summed E-state index contributed by atoms with van der Waals surface area (Å²) >= 11 is 1.45. The second-order valence-electron chi connectivity index (χ2n) is 7.50. The van der Waals surface area contributed by atoms with Gasteiger partial charge in [0.2, 0.25) is 11.8 Å². The molecule has 5 heteroatoms. The zero-order valence-corrected chi connectivity index (χ0v) is 18.8. The molecule has 2 N–H and O–H groups in total. The number of carbonyl (C=O) groups excluding carboxylic acids is 2. The van der Waals surface area contributed by atoms with E-state index in [9.17, 15) is 9.59 Å². The fraction of sp³-hybridized carbons (Fsp3) is 0.0714. The van der Waals surface area contributed by atoms with Crippen molar-refractivity contribution in [1.82, 2.24) is 0 Å². The van der Waals surface area contributed by atoms with E-state index in [1.54, 1.807) is 0 Å². The lowest BCUT2D eigenvalue weighted by Crippen LogP contribution is -2.19. The molecule has 4 nitrogen and oxygen atoms in total. The van der Waals surface area contributed by atoms with Crippen molar-refractivity contribution < 1.29 is 9.59 Å². The van der Waals surface area contributed by atoms with Gasteiger partial charge in [-0.15, -0.1) is 11.8 Å². The van der Waals surface area contributed by atoms with Crippen LogP contribution in [0, 0.1) is 0 Å². The largest absolute Gasteiger partial charge is 0.326 e. The number of hydrogen-bond acceptors (Lipinski definition) is 3. The van der Waals surface area contributed by atoms with Gasteiger partial charge in [-0.25, -0.2) is 0 Å². The summed E-state index contributed by atoms with van der Waals surface area (Å²) in [6.07, 6.45) is 0.310. The van der Waals surface area contributed by atoms with E-state index in [1.165, 1.54) is 11.8 Å². The number of rotatable bonds is 8. The first kappa shape index (κ1) is 22.4. The van der Waals surface area contributed by atoms with Crippen LogP contribution >= 0.6 is 11.8 Å². The number of carbonyl (C=O) groups is 2. The van der Waals surface area contributed by atoms with E-state index in [1.807, 2.05) is 115 Å². The van der Waals surface area contributed by atoms with Gasteiger partial charge in [0.05, 0.1) is 6.42 Å². The Bertz CT molecular complexity index is 1200. The minimum Gasteiger partial charge on any atom is -0.326 e. The first-order valence-corrected chi connectivity index (χ1v) is 11.6. The molecular formula is C28H24N2O2S. The molecule has 0 saturated carbocycles. The molecule has 33 heavy (non-hydrogen) atoms. The van der Waals surface area contributed by atoms with Gasteiger partial charge >= 0.3 is 0 Å². The number of para-hydroxylation sites is 1. The Morgan fingerprint density at radius 2 is 1.27 bits per heavy atom. The van der Waals surface area contributed by atoms with Crippen LogP contribution in [0.2, 0.25) is 0 Å². The normalized spacial score (nSPS) is 11.4. The van der Waals surface area contributed by atoms with Gasteiger partial charge in [0, 0.05) is 16.3 Å². The first-order chi connectivity index (χ1) is 16.2. The summed E-state index contributed by atoms with van der Waals surface area (Å²) in [5.74, 6) is -0.180. The van der Waals surface area contributed by atoms with Gasteiger partial charge in [-0.3, -0.25) is 9.59 Å². The van der Waals surface area contributed by atoms with Gasteiger partial charge in [-0.05, 0) is 41.5 Å². The minimum absolute atomic E-state index is 0.0789. The molecule has 0 spiro atoms. The molecule has 0 aliphatic heterocycles. The zero-order valence-electron chi connectivity index (χ0n) is 18.0. The Hall–Kier alpha value is -3.83. The fourth-order valence-corrected chi connectivity index (χ4v) is 4.48. The van der Waals surface area contributed by atoms with Crippen LogP contribution in [0.3, 0.4) is 0 Å². The molecule has 1 atom stereocenters. The van der Waals surface area contributed by atoms with E-state index in [-0.39, 0.29) is 11.8 Å². The molecule has 0 fully saturated rings. The van der Waals surface area contributed by atoms with E-state index in [4.69, 9.17) is 0 Å². The smallest absolute Gasteiger partial charge is 0.242 e. The Morgan fingerprint density at radius 3 is 1.97 bits per heavy atom. The van der Waals surface area contributed by atoms with Crippen molar-refractivity contribution in [2.45, 2.75) is 16.6 Å². The second kappa shape index (κ2) is 11.2. The topological polar surface area (TPSA) is 58.2 Å². The van der Waals surface area contributed by atoms with Crippen LogP contribution in [0.4, 0.5) is 11.4 Å². The standard InChI is InChI=1S/C28H24N2O2S/c31-26(19-21-11-4-1-5-12-21)29-24-17-10-18-25(20-24)33-27(22-13-6-2-7-14-22)28(32)30-23-15-8-3-9-16-23/h1-18,20,27H,19H2,(H,29,31)(H,30,32). The van der Waals surface area contributed by atoms with Gasteiger partial charge in [0.1, 0.15) is 5.25 Å². The van der Waals surface area contributed by atoms with Crippen molar-refractivity contribution in [2.75, 3.05) is 10.6 Å². The summed E-state index contributed by atoms with van der Waals surface area (Å²) in [5.41, 5.74) is 3.33. The molecule has 0 radical (unpaired) electrons. The third kappa shape index (κ3) is 6.57. The lowest BCUT2D eigenvalue weighted by atomic mass is 10.1. The number of anilines is 2. The van der Waals surface area contributed by atoms with Crippen molar-refractivity contribution in [3.05, 3.63) is 126 Å². The molecule has 4 aromatic carbocycles. The highest BCUT2D eigenvalue weighted by Gasteiger charge is 2.22. The average Bonchev–Trinajstić information content (AvgIpc) is 2.84. The van der Waals surface area contributed by atoms with Crippen molar-refractivity contribution >= 4 is 35.0 Å². The molecule has 164 valence electrons. The Labute approximate surface area is 198 Å². The van der Waals surface area contributed by atoms with Crippen LogP contribution in [-0.4, -0.2) is 11.8 Å². The number of thioether (sulfide) groups is 1. The lowest BCUT2D eigenvalue weighted by Gasteiger charge is -2.18. The minimum atomic E-state index is -0.443. The molecule has 1 unspecified atom stereocenters. The monoisotopic (exact) mass is 452 g/mol. The van der Waals surface area contributed by atoms with Crippen LogP contribution in [0.5, 0.6) is 0 Å². The molecule has 0 aliphatic rings. The summed E-state index contributed by atoms with van der Waals surface area (Å²) in [7, 11) is 0. The number of nitrogens with one attached hydrogen (secondary N) is 2. The quantitative estimate of drug-likeness (QED) is 0.307. The number of benzene rings is 4. The van der Waals surface area contributed by atoms with Gasteiger partial charge in [-0.1, -0.05) is 84.9 Å². The van der Waals surface area contributed by atoms with Crippen LogP contribution in [0.15, 0.2) is 120 Å². The summed E-state index contributed by atoms with van der Waals surface area (Å²) in [6, 6.07) is 36.4. The fourth-order valence-electron chi connectivity index (χ4n) is 3.40. The molecule has 4 aromatic rings. The number of hydrogen-bond donors (Lipinski definition) is 2. The third-order valence-corrected chi connectivity index (χ3v) is 6.21. The maximum absolute atomic E-state index is 13.2. The van der Waals surface area contributed by atoms with Crippen LogP contribution in [0.1, 0.15) is 16.4 Å². The predicted octanol–water partition coefficient (Wildman–Crippen LogP) is 6.34. The van der Waals surface area contributed by atoms with Crippen molar-refractivity contribution in [3.63, 3.8) is 0 Å². The average molecular weight is 453 g/mol. The maximum atomic E-state index is 13.2. The molecule has 4 rings (SSSR count). The molecule has 0 aromatic heterocycles. The Kier molecular flexibility index (Phi) is 7.56. The van der Waals surface area contributed by atoms with Crippen molar-refractivity contribution in [2.24, 2.45) is 0 Å². The SMILES string of the molecule is O=C(Cc1ccccc1)Nc1cccc(SC(C(=O)Nc2ccccc2)c2ccccc2)c1. The van der Waals surface area contributed by atoms with Crippen molar-refractivity contribution in [3.8, 4) is 0 Å². The van der Waals surface area contributed by atoms with Crippen LogP contribution in [0.25, 0.3) is 0 Å². The highest BCUT2D eigenvalue weighted by molar-refractivity contribution is 8.00. The molecule has 2 amide bonds. The van der Waals surface area contributed by atoms with E-state index >= 15 is 0 Å². The van der Waals surface area contributed by atoms with Gasteiger partial charge < -0.3 is 10.6 Å². The molecule has 0 aliphatic carbocycles. The van der Waals surface area contributed by atoms with E-state index in [0.29, 0.717) is 12.1 Å². The van der Waals surface area contributed by atoms with Gasteiger partial charge in [0.25, 0.3) is 0 Å². The summed E-state index contributed by atoms with van der Waals surface area (Å²) in [6.45, 7) is 0. The third-order valence-electron chi connectivity index (χ3n) is 4.96. The number of amides is 2. The van der Waals surface area contributed by atoms with E-state index in [0.717, 1.165) is 21.7 Å². The van der Waals surface area contributed by atoms with Gasteiger partial charge in [0.15, 0.2) is 0 Å². The Morgan fingerprint density at radius 1 is 0.667 bits per heavy atom. The molecule has 0 bridgehead atoms. The Balaban J connectivity index is 1.49. The lowest BCUT2D eigenvalue weighted by molar-refractivity contribution is -0.116. The summed E-state index contributed by atoms with van der Waals surface area (Å²) < 4.78 is 0. The maximum Gasteiger partial charge on any atom is 0.242 e.